The van der Waals surface area contributed by atoms with E-state index in [9.17, 15) is 14.9 Å². The summed E-state index contributed by atoms with van der Waals surface area (Å²) >= 11 is 2.94. The summed E-state index contributed by atoms with van der Waals surface area (Å²) < 4.78 is 0.118. The molecule has 0 atom stereocenters. The first-order valence-electron chi connectivity index (χ1n) is 3.52. The quantitative estimate of drug-likeness (QED) is 0.655. The molecule has 0 aliphatic heterocycles. The lowest BCUT2D eigenvalue weighted by molar-refractivity contribution is -0.390. The van der Waals surface area contributed by atoms with E-state index in [0.29, 0.717) is 5.56 Å². The third-order valence-electron chi connectivity index (χ3n) is 1.47. The van der Waals surface area contributed by atoms with Crippen LogP contribution in [0.1, 0.15) is 5.56 Å². The second-order valence-corrected chi connectivity index (χ2v) is 3.23. The van der Waals surface area contributed by atoms with Gasteiger partial charge in [-0.3, -0.25) is 4.79 Å². The van der Waals surface area contributed by atoms with Crippen LogP contribution in [-0.2, 0) is 11.2 Å². The number of hydrogen-bond acceptors (Lipinski definition) is 4. The van der Waals surface area contributed by atoms with E-state index in [1.807, 2.05) is 0 Å². The largest absolute Gasteiger partial charge is 0.481 e. The van der Waals surface area contributed by atoms with E-state index < -0.39 is 10.9 Å². The van der Waals surface area contributed by atoms with Crippen LogP contribution in [0.25, 0.3) is 0 Å². The molecule has 0 amide bonds. The number of carbonyl (C=O) groups is 1. The Morgan fingerprint density at radius 2 is 2.36 bits per heavy atom. The van der Waals surface area contributed by atoms with Gasteiger partial charge in [-0.25, -0.2) is 0 Å². The fourth-order valence-electron chi connectivity index (χ4n) is 0.898. The highest BCUT2D eigenvalue weighted by Gasteiger charge is 2.17. The third-order valence-corrected chi connectivity index (χ3v) is 2.33. The van der Waals surface area contributed by atoms with Gasteiger partial charge in [-0.05, 0) is 37.5 Å². The molecule has 1 aromatic heterocycles. The van der Waals surface area contributed by atoms with Gasteiger partial charge in [-0.1, -0.05) is 0 Å². The van der Waals surface area contributed by atoms with Crippen molar-refractivity contribution in [3.8, 4) is 0 Å². The van der Waals surface area contributed by atoms with E-state index in [-0.39, 0.29) is 16.7 Å². The van der Waals surface area contributed by atoms with Crippen molar-refractivity contribution in [3.63, 3.8) is 0 Å². The van der Waals surface area contributed by atoms with Gasteiger partial charge in [0.15, 0.2) is 0 Å². The van der Waals surface area contributed by atoms with Crippen molar-refractivity contribution in [2.75, 3.05) is 0 Å². The molecule has 0 fully saturated rings. The minimum absolute atomic E-state index is 0.118. The summed E-state index contributed by atoms with van der Waals surface area (Å²) in [5.41, 5.74) is 0.333. The molecular formula is C7H5BrN2O4. The smallest absolute Gasteiger partial charge is 0.378 e. The van der Waals surface area contributed by atoms with Gasteiger partial charge < -0.3 is 15.2 Å². The summed E-state index contributed by atoms with van der Waals surface area (Å²) in [6, 6.07) is 1.42. The van der Waals surface area contributed by atoms with E-state index in [2.05, 4.69) is 20.9 Å². The summed E-state index contributed by atoms with van der Waals surface area (Å²) in [4.78, 5) is 23.7. The summed E-state index contributed by atoms with van der Waals surface area (Å²) in [6.07, 6.45) is 0.936. The number of hydrogen-bond donors (Lipinski definition) is 1. The van der Waals surface area contributed by atoms with E-state index in [1.165, 1.54) is 12.3 Å². The molecule has 0 aliphatic carbocycles. The van der Waals surface area contributed by atoms with E-state index in [1.54, 1.807) is 0 Å². The monoisotopic (exact) mass is 260 g/mol. The van der Waals surface area contributed by atoms with Crippen molar-refractivity contribution in [1.29, 1.82) is 0 Å². The van der Waals surface area contributed by atoms with Gasteiger partial charge in [-0.15, -0.1) is 0 Å². The molecule has 0 saturated heterocycles. The van der Waals surface area contributed by atoms with Gasteiger partial charge in [0.1, 0.15) is 10.7 Å². The predicted molar refractivity (Wildman–Crippen MR) is 49.9 cm³/mol. The van der Waals surface area contributed by atoms with Crippen LogP contribution < -0.4 is 0 Å². The number of nitro groups is 1. The summed E-state index contributed by atoms with van der Waals surface area (Å²) in [6.45, 7) is 0. The number of rotatable bonds is 3. The average molecular weight is 261 g/mol. The highest BCUT2D eigenvalue weighted by Crippen LogP contribution is 2.25. The summed E-state index contributed by atoms with van der Waals surface area (Å²) in [7, 11) is 0. The van der Waals surface area contributed by atoms with Crippen molar-refractivity contribution in [3.05, 3.63) is 32.4 Å². The number of aromatic nitrogens is 1. The maximum atomic E-state index is 10.4. The molecule has 74 valence electrons. The van der Waals surface area contributed by atoms with Crippen LogP contribution in [0.2, 0.25) is 0 Å². The van der Waals surface area contributed by atoms with Crippen LogP contribution >= 0.6 is 15.9 Å². The number of pyridine rings is 1. The van der Waals surface area contributed by atoms with Crippen molar-refractivity contribution < 1.29 is 14.8 Å². The van der Waals surface area contributed by atoms with Crippen molar-refractivity contribution >= 4 is 27.7 Å². The first-order chi connectivity index (χ1) is 6.52. The fourth-order valence-corrected chi connectivity index (χ4v) is 1.42. The lowest BCUT2D eigenvalue weighted by Crippen LogP contribution is -2.03. The third kappa shape index (κ3) is 2.25. The topological polar surface area (TPSA) is 93.3 Å². The van der Waals surface area contributed by atoms with Crippen LogP contribution in [-0.4, -0.2) is 21.0 Å². The Morgan fingerprint density at radius 1 is 1.71 bits per heavy atom. The second kappa shape index (κ2) is 4.14. The number of nitrogens with zero attached hydrogens (tertiary/aromatic N) is 2. The zero-order valence-electron chi connectivity index (χ0n) is 6.81. The van der Waals surface area contributed by atoms with Gasteiger partial charge in [0, 0.05) is 0 Å². The fraction of sp³-hybridized carbons (Fsp3) is 0.143. The first kappa shape index (κ1) is 10.6. The molecule has 1 rings (SSSR count). The summed E-state index contributed by atoms with van der Waals surface area (Å²) in [5, 5.41) is 18.9. The molecule has 0 saturated carbocycles. The van der Waals surface area contributed by atoms with Crippen LogP contribution in [0.3, 0.4) is 0 Å². The van der Waals surface area contributed by atoms with Crippen molar-refractivity contribution in [2.24, 2.45) is 0 Å². The lowest BCUT2D eigenvalue weighted by atomic mass is 10.2. The number of carboxylic acid groups (broad SMARTS) is 1. The molecule has 0 spiro atoms. The zero-order valence-corrected chi connectivity index (χ0v) is 8.39. The number of aliphatic carboxylic acids is 1. The minimum atomic E-state index is -1.05. The van der Waals surface area contributed by atoms with Crippen LogP contribution in [0, 0.1) is 10.1 Å². The zero-order chi connectivity index (χ0) is 10.7. The van der Waals surface area contributed by atoms with Crippen molar-refractivity contribution in [1.82, 2.24) is 4.98 Å². The minimum Gasteiger partial charge on any atom is -0.481 e. The molecule has 6 nitrogen and oxygen atoms in total. The predicted octanol–water partition coefficient (Wildman–Crippen LogP) is 1.38. The molecule has 1 N–H and O–H groups in total. The normalized spacial score (nSPS) is 9.79. The summed E-state index contributed by atoms with van der Waals surface area (Å²) in [5.74, 6) is -1.42. The van der Waals surface area contributed by atoms with Gasteiger partial charge in [-0.2, -0.15) is 0 Å². The van der Waals surface area contributed by atoms with Gasteiger partial charge in [0.2, 0.25) is 0 Å². The average Bonchev–Trinajstić information content (AvgIpc) is 2.07. The molecule has 14 heavy (non-hydrogen) atoms. The Balaban J connectivity index is 3.13. The Bertz CT molecular complexity index is 393. The molecule has 0 aliphatic rings. The Hall–Kier alpha value is -1.50. The second-order valence-electron chi connectivity index (χ2n) is 2.44. The van der Waals surface area contributed by atoms with Crippen LogP contribution in [0.4, 0.5) is 5.82 Å². The molecule has 0 unspecified atom stereocenters. The molecule has 1 aromatic rings. The lowest BCUT2D eigenvalue weighted by Gasteiger charge is -2.00. The Labute approximate surface area is 86.9 Å². The molecule has 0 aromatic carbocycles. The Morgan fingerprint density at radius 3 is 2.86 bits per heavy atom. The maximum Gasteiger partial charge on any atom is 0.378 e. The van der Waals surface area contributed by atoms with E-state index in [0.717, 1.165) is 0 Å². The van der Waals surface area contributed by atoms with E-state index >= 15 is 0 Å². The highest BCUT2D eigenvalue weighted by molar-refractivity contribution is 9.10. The van der Waals surface area contributed by atoms with Gasteiger partial charge in [0.25, 0.3) is 0 Å². The number of halogens is 1. The SMILES string of the molecule is O=C(O)Cc1ccnc([N+](=O)[O-])c1Br. The molecular weight excluding hydrogens is 256 g/mol. The standard InChI is InChI=1S/C7H5BrN2O4/c8-6-4(3-5(11)12)1-2-9-7(6)10(13)14/h1-2H,3H2,(H,11,12). The van der Waals surface area contributed by atoms with Gasteiger partial charge >= 0.3 is 11.8 Å². The van der Waals surface area contributed by atoms with Crippen LogP contribution in [0.15, 0.2) is 16.7 Å². The van der Waals surface area contributed by atoms with Crippen LogP contribution in [0.5, 0.6) is 0 Å². The van der Waals surface area contributed by atoms with Gasteiger partial charge in [0.05, 0.1) is 6.42 Å². The maximum absolute atomic E-state index is 10.4. The molecule has 7 heteroatoms. The van der Waals surface area contributed by atoms with Crippen molar-refractivity contribution in [2.45, 2.75) is 6.42 Å². The first-order valence-corrected chi connectivity index (χ1v) is 4.31. The molecule has 1 heterocycles. The Kier molecular flexibility index (Phi) is 3.13. The molecule has 0 bridgehead atoms. The number of carboxylic acids is 1. The molecule has 0 radical (unpaired) electrons. The highest BCUT2D eigenvalue weighted by atomic mass is 79.9. The van der Waals surface area contributed by atoms with E-state index in [4.69, 9.17) is 5.11 Å².